The van der Waals surface area contributed by atoms with Gasteiger partial charge in [-0.3, -0.25) is 9.10 Å². The summed E-state index contributed by atoms with van der Waals surface area (Å²) >= 11 is 0. The number of nitrogens with zero attached hydrogens (tertiary/aromatic N) is 1. The Labute approximate surface area is 156 Å². The first-order valence-corrected chi connectivity index (χ1v) is 10.5. The van der Waals surface area contributed by atoms with Crippen LogP contribution >= 0.6 is 0 Å². The van der Waals surface area contributed by atoms with E-state index in [-0.39, 0.29) is 5.91 Å². The third-order valence-corrected chi connectivity index (χ3v) is 5.35. The Kier molecular flexibility index (Phi) is 6.42. The summed E-state index contributed by atoms with van der Waals surface area (Å²) < 4.78 is 26.0. The lowest BCUT2D eigenvalue weighted by Crippen LogP contribution is -2.49. The Morgan fingerprint density at radius 3 is 2.27 bits per heavy atom. The van der Waals surface area contributed by atoms with Gasteiger partial charge in [0.05, 0.1) is 11.9 Å². The van der Waals surface area contributed by atoms with Crippen LogP contribution in [0.4, 0.5) is 5.69 Å². The van der Waals surface area contributed by atoms with Crippen molar-refractivity contribution in [1.29, 1.82) is 0 Å². The fourth-order valence-corrected chi connectivity index (χ4v) is 4.09. The molecule has 0 fully saturated rings. The number of amides is 1. The van der Waals surface area contributed by atoms with Gasteiger partial charge in [0, 0.05) is 6.54 Å². The third kappa shape index (κ3) is 5.08. The van der Waals surface area contributed by atoms with Crippen molar-refractivity contribution in [2.45, 2.75) is 39.8 Å². The summed E-state index contributed by atoms with van der Waals surface area (Å²) in [5, 5.41) is 2.87. The number of hydrogen-bond donors (Lipinski definition) is 1. The molecule has 0 radical (unpaired) electrons. The zero-order valence-electron chi connectivity index (χ0n) is 15.7. The second-order valence-electron chi connectivity index (χ2n) is 6.53. The van der Waals surface area contributed by atoms with Crippen molar-refractivity contribution >= 4 is 21.6 Å². The molecule has 0 unspecified atom stereocenters. The number of rotatable bonds is 7. The van der Waals surface area contributed by atoms with Crippen LogP contribution < -0.4 is 9.62 Å². The molecule has 0 saturated heterocycles. The van der Waals surface area contributed by atoms with E-state index in [1.807, 2.05) is 57.2 Å². The van der Waals surface area contributed by atoms with Crippen molar-refractivity contribution < 1.29 is 13.2 Å². The molecule has 2 rings (SSSR count). The van der Waals surface area contributed by atoms with Crippen LogP contribution in [0, 0.1) is 13.8 Å². The van der Waals surface area contributed by atoms with Crippen molar-refractivity contribution in [3.63, 3.8) is 0 Å². The van der Waals surface area contributed by atoms with Gasteiger partial charge in [-0.05, 0) is 38.0 Å². The SMILES string of the molecule is CC[C@@H](C(=O)NCc1cccc(C)c1)N(c1ccc(C)cc1)S(C)(=O)=O. The van der Waals surface area contributed by atoms with Gasteiger partial charge in [0.25, 0.3) is 0 Å². The Morgan fingerprint density at radius 2 is 1.73 bits per heavy atom. The fourth-order valence-electron chi connectivity index (χ4n) is 2.88. The summed E-state index contributed by atoms with van der Waals surface area (Å²) in [6.07, 6.45) is 1.50. The molecule has 0 saturated carbocycles. The average Bonchev–Trinajstić information content (AvgIpc) is 2.57. The highest BCUT2D eigenvalue weighted by Crippen LogP contribution is 2.23. The number of hydrogen-bond acceptors (Lipinski definition) is 3. The van der Waals surface area contributed by atoms with E-state index in [4.69, 9.17) is 0 Å². The number of nitrogens with one attached hydrogen (secondary N) is 1. The number of sulfonamides is 1. The minimum absolute atomic E-state index is 0.306. The van der Waals surface area contributed by atoms with E-state index >= 15 is 0 Å². The van der Waals surface area contributed by atoms with E-state index < -0.39 is 16.1 Å². The first-order chi connectivity index (χ1) is 12.2. The van der Waals surface area contributed by atoms with Crippen molar-refractivity contribution in [3.8, 4) is 0 Å². The number of carbonyl (C=O) groups excluding carboxylic acids is 1. The van der Waals surface area contributed by atoms with Crippen molar-refractivity contribution in [1.82, 2.24) is 5.32 Å². The zero-order chi connectivity index (χ0) is 19.3. The van der Waals surface area contributed by atoms with Gasteiger partial charge in [-0.25, -0.2) is 8.42 Å². The van der Waals surface area contributed by atoms with Crippen molar-refractivity contribution in [3.05, 3.63) is 65.2 Å². The van der Waals surface area contributed by atoms with Gasteiger partial charge < -0.3 is 5.32 Å². The molecule has 140 valence electrons. The molecule has 2 aromatic rings. The zero-order valence-corrected chi connectivity index (χ0v) is 16.5. The van der Waals surface area contributed by atoms with Gasteiger partial charge in [0.1, 0.15) is 6.04 Å². The maximum atomic E-state index is 12.7. The molecular weight excluding hydrogens is 348 g/mol. The molecule has 0 spiro atoms. The summed E-state index contributed by atoms with van der Waals surface area (Å²) in [5.74, 6) is -0.306. The van der Waals surface area contributed by atoms with Crippen LogP contribution in [0.15, 0.2) is 48.5 Å². The lowest BCUT2D eigenvalue weighted by molar-refractivity contribution is -0.122. The van der Waals surface area contributed by atoms with Gasteiger partial charge in [0.2, 0.25) is 15.9 Å². The average molecular weight is 375 g/mol. The highest BCUT2D eigenvalue weighted by atomic mass is 32.2. The summed E-state index contributed by atoms with van der Waals surface area (Å²) in [6.45, 7) is 6.09. The lowest BCUT2D eigenvalue weighted by atomic mass is 10.1. The molecule has 0 bridgehead atoms. The third-order valence-electron chi connectivity index (χ3n) is 4.17. The number of aryl methyl sites for hydroxylation is 2. The fraction of sp³-hybridized carbons (Fsp3) is 0.350. The molecule has 6 heteroatoms. The van der Waals surface area contributed by atoms with E-state index in [9.17, 15) is 13.2 Å². The molecule has 0 aliphatic carbocycles. The monoisotopic (exact) mass is 374 g/mol. The molecule has 1 atom stereocenters. The van der Waals surface area contributed by atoms with Crippen LogP contribution in [0.25, 0.3) is 0 Å². The van der Waals surface area contributed by atoms with Crippen LogP contribution in [0.2, 0.25) is 0 Å². The maximum absolute atomic E-state index is 12.7. The largest absolute Gasteiger partial charge is 0.350 e. The second kappa shape index (κ2) is 8.36. The molecule has 1 N–H and O–H groups in total. The topological polar surface area (TPSA) is 66.5 Å². The normalized spacial score (nSPS) is 12.5. The molecule has 0 aliphatic rings. The minimum atomic E-state index is -3.60. The molecule has 0 aliphatic heterocycles. The van der Waals surface area contributed by atoms with E-state index in [1.54, 1.807) is 12.1 Å². The lowest BCUT2D eigenvalue weighted by Gasteiger charge is -2.30. The molecule has 0 aromatic heterocycles. The van der Waals surface area contributed by atoms with Gasteiger partial charge in [0.15, 0.2) is 0 Å². The number of carbonyl (C=O) groups is 1. The molecule has 26 heavy (non-hydrogen) atoms. The van der Waals surface area contributed by atoms with E-state index in [0.717, 1.165) is 22.9 Å². The van der Waals surface area contributed by atoms with Crippen LogP contribution in [0.5, 0.6) is 0 Å². The molecule has 5 nitrogen and oxygen atoms in total. The number of benzene rings is 2. The van der Waals surface area contributed by atoms with Gasteiger partial charge in [-0.2, -0.15) is 0 Å². The standard InChI is InChI=1S/C20H26N2O3S/c1-5-19(20(23)21-14-17-8-6-7-16(3)13-17)22(26(4,24)25)18-11-9-15(2)10-12-18/h6-13,19H,5,14H2,1-4H3,(H,21,23)/t19-/m0/s1. The van der Waals surface area contributed by atoms with Crippen LogP contribution in [0.3, 0.4) is 0 Å². The Bertz CT molecular complexity index is 861. The Hall–Kier alpha value is -2.34. The van der Waals surface area contributed by atoms with Gasteiger partial charge in [-0.1, -0.05) is 54.4 Å². The first-order valence-electron chi connectivity index (χ1n) is 8.61. The van der Waals surface area contributed by atoms with Crippen LogP contribution in [-0.2, 0) is 21.4 Å². The molecular formula is C20H26N2O3S. The maximum Gasteiger partial charge on any atom is 0.244 e. The van der Waals surface area contributed by atoms with Crippen molar-refractivity contribution in [2.24, 2.45) is 0 Å². The Balaban J connectivity index is 2.23. The highest BCUT2D eigenvalue weighted by molar-refractivity contribution is 7.92. The molecule has 2 aromatic carbocycles. The highest BCUT2D eigenvalue weighted by Gasteiger charge is 2.31. The van der Waals surface area contributed by atoms with E-state index in [1.165, 1.54) is 4.31 Å². The Morgan fingerprint density at radius 1 is 1.08 bits per heavy atom. The minimum Gasteiger partial charge on any atom is -0.350 e. The van der Waals surface area contributed by atoms with E-state index in [0.29, 0.717) is 18.7 Å². The summed E-state index contributed by atoms with van der Waals surface area (Å²) in [5.41, 5.74) is 3.62. The summed E-state index contributed by atoms with van der Waals surface area (Å²) in [4.78, 5) is 12.7. The quantitative estimate of drug-likeness (QED) is 0.809. The first kappa shape index (κ1) is 20.0. The molecule has 1 amide bonds. The smallest absolute Gasteiger partial charge is 0.244 e. The van der Waals surface area contributed by atoms with E-state index in [2.05, 4.69) is 5.32 Å². The predicted octanol–water partition coefficient (Wildman–Crippen LogP) is 3.16. The van der Waals surface area contributed by atoms with Crippen LogP contribution in [-0.4, -0.2) is 26.6 Å². The van der Waals surface area contributed by atoms with Crippen molar-refractivity contribution in [2.75, 3.05) is 10.6 Å². The van der Waals surface area contributed by atoms with Gasteiger partial charge in [-0.15, -0.1) is 0 Å². The van der Waals surface area contributed by atoms with Gasteiger partial charge >= 0.3 is 0 Å². The summed E-state index contributed by atoms with van der Waals surface area (Å²) in [6, 6.07) is 14.2. The number of anilines is 1. The molecule has 0 heterocycles. The second-order valence-corrected chi connectivity index (χ2v) is 8.38. The van der Waals surface area contributed by atoms with Crippen LogP contribution in [0.1, 0.15) is 30.0 Å². The summed E-state index contributed by atoms with van der Waals surface area (Å²) in [7, 11) is -3.60. The predicted molar refractivity (Wildman–Crippen MR) is 106 cm³/mol.